The molecular formula is C14H20N2O3. The Labute approximate surface area is 113 Å². The SMILES string of the molecule is CCN(CC(C)C#N)C(=O)[C@@H]1CC=CC[C@@H]1C(=O)O. The van der Waals surface area contributed by atoms with Crippen LogP contribution in [0.1, 0.15) is 26.7 Å². The Morgan fingerprint density at radius 3 is 2.47 bits per heavy atom. The normalized spacial score (nSPS) is 23.4. The van der Waals surface area contributed by atoms with E-state index in [4.69, 9.17) is 5.26 Å². The molecule has 19 heavy (non-hydrogen) atoms. The van der Waals surface area contributed by atoms with E-state index in [-0.39, 0.29) is 11.8 Å². The maximum atomic E-state index is 12.4. The highest BCUT2D eigenvalue weighted by Crippen LogP contribution is 2.27. The zero-order valence-electron chi connectivity index (χ0n) is 11.4. The summed E-state index contributed by atoms with van der Waals surface area (Å²) in [6, 6.07) is 2.10. The van der Waals surface area contributed by atoms with Gasteiger partial charge in [-0.25, -0.2) is 0 Å². The van der Waals surface area contributed by atoms with Crippen LogP contribution < -0.4 is 0 Å². The molecule has 0 aromatic heterocycles. The molecule has 1 rings (SSSR count). The molecule has 0 aliphatic heterocycles. The van der Waals surface area contributed by atoms with Gasteiger partial charge in [0.05, 0.1) is 23.8 Å². The zero-order valence-corrected chi connectivity index (χ0v) is 11.4. The second-order valence-electron chi connectivity index (χ2n) is 4.90. The zero-order chi connectivity index (χ0) is 14.4. The largest absolute Gasteiger partial charge is 0.481 e. The monoisotopic (exact) mass is 264 g/mol. The average Bonchev–Trinajstić information content (AvgIpc) is 2.43. The molecule has 1 amide bonds. The van der Waals surface area contributed by atoms with Crippen molar-refractivity contribution in [1.82, 2.24) is 4.90 Å². The minimum Gasteiger partial charge on any atom is -0.481 e. The highest BCUT2D eigenvalue weighted by atomic mass is 16.4. The molecule has 0 saturated carbocycles. The van der Waals surface area contributed by atoms with Crippen molar-refractivity contribution in [3.05, 3.63) is 12.2 Å². The van der Waals surface area contributed by atoms with Gasteiger partial charge in [0, 0.05) is 13.1 Å². The van der Waals surface area contributed by atoms with E-state index in [1.807, 2.05) is 19.1 Å². The van der Waals surface area contributed by atoms with Gasteiger partial charge in [-0.2, -0.15) is 5.26 Å². The molecule has 0 fully saturated rings. The van der Waals surface area contributed by atoms with Crippen LogP contribution >= 0.6 is 0 Å². The maximum absolute atomic E-state index is 12.4. The Bertz CT molecular complexity index is 411. The Hall–Kier alpha value is -1.83. The van der Waals surface area contributed by atoms with Crippen LogP contribution in [0.5, 0.6) is 0 Å². The number of carboxylic acid groups (broad SMARTS) is 1. The van der Waals surface area contributed by atoms with Gasteiger partial charge in [0.25, 0.3) is 0 Å². The molecule has 0 spiro atoms. The summed E-state index contributed by atoms with van der Waals surface area (Å²) in [5.41, 5.74) is 0. The van der Waals surface area contributed by atoms with E-state index in [1.165, 1.54) is 0 Å². The average molecular weight is 264 g/mol. The predicted molar refractivity (Wildman–Crippen MR) is 70.0 cm³/mol. The Kier molecular flexibility index (Phi) is 5.56. The number of nitriles is 1. The second-order valence-corrected chi connectivity index (χ2v) is 4.90. The van der Waals surface area contributed by atoms with E-state index in [9.17, 15) is 14.7 Å². The van der Waals surface area contributed by atoms with E-state index >= 15 is 0 Å². The summed E-state index contributed by atoms with van der Waals surface area (Å²) in [6.07, 6.45) is 4.55. The van der Waals surface area contributed by atoms with Crippen molar-refractivity contribution in [3.63, 3.8) is 0 Å². The number of carbonyl (C=O) groups excluding carboxylic acids is 1. The van der Waals surface area contributed by atoms with Crippen molar-refractivity contribution in [3.8, 4) is 6.07 Å². The number of hydrogen-bond donors (Lipinski definition) is 1. The first-order chi connectivity index (χ1) is 9.01. The molecular weight excluding hydrogens is 244 g/mol. The molecule has 1 aliphatic carbocycles. The molecule has 0 bridgehead atoms. The number of hydrogen-bond acceptors (Lipinski definition) is 3. The van der Waals surface area contributed by atoms with Crippen LogP contribution in [0.2, 0.25) is 0 Å². The van der Waals surface area contributed by atoms with Crippen LogP contribution in [0.15, 0.2) is 12.2 Å². The Morgan fingerprint density at radius 1 is 1.42 bits per heavy atom. The second kappa shape index (κ2) is 6.93. The topological polar surface area (TPSA) is 81.4 Å². The Balaban J connectivity index is 2.81. The molecule has 0 aromatic rings. The third-order valence-electron chi connectivity index (χ3n) is 3.47. The number of nitrogens with zero attached hydrogens (tertiary/aromatic N) is 2. The first kappa shape index (κ1) is 15.2. The van der Waals surface area contributed by atoms with Crippen LogP contribution in [-0.4, -0.2) is 35.0 Å². The van der Waals surface area contributed by atoms with Crippen molar-refractivity contribution in [1.29, 1.82) is 5.26 Å². The number of carboxylic acids is 1. The van der Waals surface area contributed by atoms with Crippen molar-refractivity contribution in [2.24, 2.45) is 17.8 Å². The summed E-state index contributed by atoms with van der Waals surface area (Å²) < 4.78 is 0. The minimum absolute atomic E-state index is 0.152. The molecule has 104 valence electrons. The predicted octanol–water partition coefficient (Wildman–Crippen LogP) is 1.66. The van der Waals surface area contributed by atoms with Gasteiger partial charge < -0.3 is 10.0 Å². The van der Waals surface area contributed by atoms with E-state index < -0.39 is 17.8 Å². The van der Waals surface area contributed by atoms with E-state index in [0.29, 0.717) is 25.9 Å². The number of carbonyl (C=O) groups is 2. The summed E-state index contributed by atoms with van der Waals surface area (Å²) in [7, 11) is 0. The molecule has 0 radical (unpaired) electrons. The van der Waals surface area contributed by atoms with E-state index in [0.717, 1.165) is 0 Å². The summed E-state index contributed by atoms with van der Waals surface area (Å²) in [4.78, 5) is 25.2. The van der Waals surface area contributed by atoms with Crippen LogP contribution in [0.3, 0.4) is 0 Å². The summed E-state index contributed by atoms with van der Waals surface area (Å²) in [5, 5.41) is 18.0. The molecule has 3 atom stereocenters. The maximum Gasteiger partial charge on any atom is 0.307 e. The van der Waals surface area contributed by atoms with Crippen LogP contribution in [0, 0.1) is 29.1 Å². The molecule has 0 aromatic carbocycles. The quantitative estimate of drug-likeness (QED) is 0.766. The van der Waals surface area contributed by atoms with Crippen molar-refractivity contribution < 1.29 is 14.7 Å². The van der Waals surface area contributed by atoms with Crippen LogP contribution in [0.4, 0.5) is 0 Å². The van der Waals surface area contributed by atoms with Gasteiger partial charge in [0.1, 0.15) is 0 Å². The number of rotatable bonds is 5. The van der Waals surface area contributed by atoms with Crippen molar-refractivity contribution in [2.75, 3.05) is 13.1 Å². The number of aliphatic carboxylic acids is 1. The van der Waals surface area contributed by atoms with Crippen molar-refractivity contribution in [2.45, 2.75) is 26.7 Å². The third kappa shape index (κ3) is 3.82. The van der Waals surface area contributed by atoms with Gasteiger partial charge in [0.15, 0.2) is 0 Å². The lowest BCUT2D eigenvalue weighted by atomic mass is 9.82. The fourth-order valence-electron chi connectivity index (χ4n) is 2.34. The fourth-order valence-corrected chi connectivity index (χ4v) is 2.34. The standard InChI is InChI=1S/C14H20N2O3/c1-3-16(9-10(2)8-15)13(17)11-6-4-5-7-12(11)14(18)19/h4-5,10-12H,3,6-7,9H2,1-2H3,(H,18,19)/t10?,11-,12+/m1/s1. The third-order valence-corrected chi connectivity index (χ3v) is 3.47. The van der Waals surface area contributed by atoms with Gasteiger partial charge in [-0.3, -0.25) is 9.59 Å². The van der Waals surface area contributed by atoms with Crippen LogP contribution in [0.25, 0.3) is 0 Å². The van der Waals surface area contributed by atoms with Gasteiger partial charge in [-0.1, -0.05) is 12.2 Å². The number of allylic oxidation sites excluding steroid dienone is 2. The summed E-state index contributed by atoms with van der Waals surface area (Å²) in [6.45, 7) is 4.46. The first-order valence-corrected chi connectivity index (χ1v) is 6.57. The molecule has 1 N–H and O–H groups in total. The minimum atomic E-state index is -0.924. The van der Waals surface area contributed by atoms with E-state index in [2.05, 4.69) is 6.07 Å². The van der Waals surface area contributed by atoms with Gasteiger partial charge in [-0.15, -0.1) is 0 Å². The van der Waals surface area contributed by atoms with Gasteiger partial charge >= 0.3 is 5.97 Å². The smallest absolute Gasteiger partial charge is 0.307 e. The molecule has 0 heterocycles. The first-order valence-electron chi connectivity index (χ1n) is 6.57. The lowest BCUT2D eigenvalue weighted by molar-refractivity contribution is -0.150. The Morgan fingerprint density at radius 2 is 2.00 bits per heavy atom. The number of amides is 1. The molecule has 1 unspecified atom stereocenters. The highest BCUT2D eigenvalue weighted by Gasteiger charge is 2.36. The lowest BCUT2D eigenvalue weighted by Crippen LogP contribution is -2.43. The lowest BCUT2D eigenvalue weighted by Gasteiger charge is -2.30. The molecule has 1 aliphatic rings. The van der Waals surface area contributed by atoms with E-state index in [1.54, 1.807) is 11.8 Å². The van der Waals surface area contributed by atoms with Gasteiger partial charge in [-0.05, 0) is 26.7 Å². The van der Waals surface area contributed by atoms with Gasteiger partial charge in [0.2, 0.25) is 5.91 Å². The highest BCUT2D eigenvalue weighted by molar-refractivity contribution is 5.85. The summed E-state index contributed by atoms with van der Waals surface area (Å²) >= 11 is 0. The fraction of sp³-hybridized carbons (Fsp3) is 0.643. The van der Waals surface area contributed by atoms with Crippen LogP contribution in [-0.2, 0) is 9.59 Å². The molecule has 5 heteroatoms. The molecule has 5 nitrogen and oxygen atoms in total. The summed E-state index contributed by atoms with van der Waals surface area (Å²) in [5.74, 6) is -2.47. The van der Waals surface area contributed by atoms with Crippen molar-refractivity contribution >= 4 is 11.9 Å². The molecule has 0 saturated heterocycles.